The summed E-state index contributed by atoms with van der Waals surface area (Å²) in [6.45, 7) is 1.79. The lowest BCUT2D eigenvalue weighted by atomic mass is 9.93. The van der Waals surface area contributed by atoms with Gasteiger partial charge in [-0.25, -0.2) is 0 Å². The summed E-state index contributed by atoms with van der Waals surface area (Å²) in [5.74, 6) is 1.27. The maximum atomic E-state index is 12.7. The number of carbonyl (C=O) groups excluding carboxylic acids is 2. The van der Waals surface area contributed by atoms with E-state index >= 15 is 0 Å². The molecular weight excluding hydrogens is 384 g/mol. The first-order valence-corrected chi connectivity index (χ1v) is 9.60. The second-order valence-corrected chi connectivity index (χ2v) is 6.90. The van der Waals surface area contributed by atoms with E-state index in [1.807, 2.05) is 30.3 Å². The van der Waals surface area contributed by atoms with Gasteiger partial charge in [-0.3, -0.25) is 9.59 Å². The molecule has 7 nitrogen and oxygen atoms in total. The number of nitrogens with one attached hydrogen (secondary N) is 1. The third-order valence-electron chi connectivity index (χ3n) is 5.06. The fourth-order valence-electron chi connectivity index (χ4n) is 3.60. The van der Waals surface area contributed by atoms with Crippen molar-refractivity contribution >= 4 is 17.9 Å². The van der Waals surface area contributed by atoms with Crippen LogP contribution in [0.2, 0.25) is 0 Å². The summed E-state index contributed by atoms with van der Waals surface area (Å²) in [7, 11) is 4.63. The van der Waals surface area contributed by atoms with Crippen molar-refractivity contribution in [3.63, 3.8) is 0 Å². The second kappa shape index (κ2) is 9.35. The van der Waals surface area contributed by atoms with Crippen molar-refractivity contribution in [2.45, 2.75) is 25.9 Å². The van der Waals surface area contributed by atoms with Gasteiger partial charge in [0.2, 0.25) is 17.6 Å². The van der Waals surface area contributed by atoms with Crippen LogP contribution >= 0.6 is 0 Å². The van der Waals surface area contributed by atoms with E-state index in [9.17, 15) is 9.59 Å². The second-order valence-electron chi connectivity index (χ2n) is 6.90. The Balaban J connectivity index is 1.74. The Kier molecular flexibility index (Phi) is 6.61. The molecule has 30 heavy (non-hydrogen) atoms. The summed E-state index contributed by atoms with van der Waals surface area (Å²) in [4.78, 5) is 26.4. The predicted octanol–water partition coefficient (Wildman–Crippen LogP) is 3.29. The van der Waals surface area contributed by atoms with E-state index in [2.05, 4.69) is 5.32 Å². The lowest BCUT2D eigenvalue weighted by Gasteiger charge is -2.32. The van der Waals surface area contributed by atoms with Crippen molar-refractivity contribution in [2.75, 3.05) is 21.3 Å². The van der Waals surface area contributed by atoms with Gasteiger partial charge in [0, 0.05) is 19.7 Å². The Labute approximate surface area is 176 Å². The van der Waals surface area contributed by atoms with E-state index in [0.717, 1.165) is 16.7 Å². The number of amides is 2. The number of fused-ring (bicyclic) bond motifs is 1. The average molecular weight is 410 g/mol. The Hall–Kier alpha value is -3.48. The fraction of sp³-hybridized carbons (Fsp3) is 0.304. The van der Waals surface area contributed by atoms with E-state index < -0.39 is 0 Å². The molecule has 7 heteroatoms. The van der Waals surface area contributed by atoms with Gasteiger partial charge in [0.15, 0.2) is 11.5 Å². The van der Waals surface area contributed by atoms with E-state index in [1.54, 1.807) is 44.6 Å². The van der Waals surface area contributed by atoms with Crippen LogP contribution in [0.5, 0.6) is 17.2 Å². The molecule has 1 aliphatic rings. The Morgan fingerprint density at radius 2 is 1.70 bits per heavy atom. The van der Waals surface area contributed by atoms with E-state index in [0.29, 0.717) is 23.8 Å². The molecule has 2 aromatic rings. The van der Waals surface area contributed by atoms with Gasteiger partial charge in [-0.1, -0.05) is 24.3 Å². The topological polar surface area (TPSA) is 77.1 Å². The molecular formula is C23H26N2O5. The van der Waals surface area contributed by atoms with Crippen LogP contribution < -0.4 is 19.5 Å². The van der Waals surface area contributed by atoms with Crippen LogP contribution in [0.15, 0.2) is 42.6 Å². The zero-order valence-electron chi connectivity index (χ0n) is 17.6. The van der Waals surface area contributed by atoms with Crippen LogP contribution in [0.3, 0.4) is 0 Å². The minimum Gasteiger partial charge on any atom is -0.493 e. The molecule has 0 bridgehead atoms. The van der Waals surface area contributed by atoms with E-state index in [1.165, 1.54) is 6.92 Å². The Morgan fingerprint density at radius 1 is 1.03 bits per heavy atom. The van der Waals surface area contributed by atoms with Gasteiger partial charge in [-0.15, -0.1) is 0 Å². The molecule has 0 unspecified atom stereocenters. The summed E-state index contributed by atoms with van der Waals surface area (Å²) in [5, 5.41) is 2.92. The molecule has 2 aromatic carbocycles. The van der Waals surface area contributed by atoms with Crippen LogP contribution in [-0.4, -0.2) is 38.0 Å². The van der Waals surface area contributed by atoms with Gasteiger partial charge in [-0.05, 0) is 34.9 Å². The van der Waals surface area contributed by atoms with Gasteiger partial charge in [0.25, 0.3) is 0 Å². The molecule has 0 aromatic heterocycles. The predicted molar refractivity (Wildman–Crippen MR) is 113 cm³/mol. The zero-order valence-corrected chi connectivity index (χ0v) is 17.6. The Bertz CT molecular complexity index is 945. The van der Waals surface area contributed by atoms with Crippen molar-refractivity contribution in [3.8, 4) is 17.2 Å². The standard InChI is InChI=1S/C23H26N2O5/c1-15(26)25-10-9-17-7-5-6-8-18(17)19(25)13-22(27)24-14-16-11-20(28-2)23(30-4)21(12-16)29-3/h5-12,19H,13-14H2,1-4H3,(H,24,27)/t19-/m1/s1. The van der Waals surface area contributed by atoms with Crippen LogP contribution in [-0.2, 0) is 16.1 Å². The quantitative estimate of drug-likeness (QED) is 0.758. The molecule has 1 aliphatic heterocycles. The number of ether oxygens (including phenoxy) is 3. The van der Waals surface area contributed by atoms with Gasteiger partial charge in [0.1, 0.15) is 0 Å². The zero-order chi connectivity index (χ0) is 21.7. The monoisotopic (exact) mass is 410 g/mol. The van der Waals surface area contributed by atoms with Crippen molar-refractivity contribution in [2.24, 2.45) is 0 Å². The maximum absolute atomic E-state index is 12.7. The first-order chi connectivity index (χ1) is 14.5. The van der Waals surface area contributed by atoms with Crippen LogP contribution in [0.1, 0.15) is 36.1 Å². The number of methoxy groups -OCH3 is 3. The number of hydrogen-bond donors (Lipinski definition) is 1. The molecule has 0 spiro atoms. The van der Waals surface area contributed by atoms with E-state index in [4.69, 9.17) is 14.2 Å². The minimum atomic E-state index is -0.344. The molecule has 0 saturated heterocycles. The van der Waals surface area contributed by atoms with Crippen molar-refractivity contribution in [3.05, 3.63) is 59.3 Å². The molecule has 1 N–H and O–H groups in total. The Morgan fingerprint density at radius 3 is 2.30 bits per heavy atom. The molecule has 0 aliphatic carbocycles. The summed E-state index contributed by atoms with van der Waals surface area (Å²) in [5.41, 5.74) is 2.78. The van der Waals surface area contributed by atoms with E-state index in [-0.39, 0.29) is 24.3 Å². The number of hydrogen-bond acceptors (Lipinski definition) is 5. The average Bonchev–Trinajstić information content (AvgIpc) is 2.76. The van der Waals surface area contributed by atoms with Crippen molar-refractivity contribution < 1.29 is 23.8 Å². The molecule has 0 radical (unpaired) electrons. The summed E-state index contributed by atoms with van der Waals surface area (Å²) < 4.78 is 16.0. The van der Waals surface area contributed by atoms with Crippen molar-refractivity contribution in [1.82, 2.24) is 10.2 Å². The molecule has 3 rings (SSSR count). The van der Waals surface area contributed by atoms with Crippen LogP contribution in [0, 0.1) is 0 Å². The SMILES string of the molecule is COc1cc(CNC(=O)C[C@@H]2c3ccccc3C=CN2C(C)=O)cc(OC)c1OC. The summed E-state index contributed by atoms with van der Waals surface area (Å²) in [6, 6.07) is 11.0. The van der Waals surface area contributed by atoms with Gasteiger partial charge >= 0.3 is 0 Å². The maximum Gasteiger partial charge on any atom is 0.223 e. The molecule has 1 atom stereocenters. The van der Waals surface area contributed by atoms with Gasteiger partial charge < -0.3 is 24.4 Å². The molecule has 158 valence electrons. The molecule has 0 fully saturated rings. The van der Waals surface area contributed by atoms with Gasteiger partial charge in [-0.2, -0.15) is 0 Å². The first kappa shape index (κ1) is 21.2. The third kappa shape index (κ3) is 4.40. The first-order valence-electron chi connectivity index (χ1n) is 9.60. The highest BCUT2D eigenvalue weighted by atomic mass is 16.5. The number of nitrogens with zero attached hydrogens (tertiary/aromatic N) is 1. The number of carbonyl (C=O) groups is 2. The van der Waals surface area contributed by atoms with Crippen molar-refractivity contribution in [1.29, 1.82) is 0 Å². The van der Waals surface area contributed by atoms with Crippen LogP contribution in [0.4, 0.5) is 0 Å². The lowest BCUT2D eigenvalue weighted by molar-refractivity contribution is -0.130. The number of rotatable bonds is 7. The normalized spacial score (nSPS) is 14.7. The summed E-state index contributed by atoms with van der Waals surface area (Å²) >= 11 is 0. The number of benzene rings is 2. The molecule has 1 heterocycles. The highest BCUT2D eigenvalue weighted by molar-refractivity contribution is 5.81. The smallest absolute Gasteiger partial charge is 0.223 e. The fourth-order valence-corrected chi connectivity index (χ4v) is 3.60. The highest BCUT2D eigenvalue weighted by Gasteiger charge is 2.28. The minimum absolute atomic E-state index is 0.108. The largest absolute Gasteiger partial charge is 0.493 e. The third-order valence-corrected chi connectivity index (χ3v) is 5.06. The van der Waals surface area contributed by atoms with Gasteiger partial charge in [0.05, 0.1) is 33.8 Å². The molecule has 2 amide bonds. The van der Waals surface area contributed by atoms with Crippen LogP contribution in [0.25, 0.3) is 6.08 Å². The highest BCUT2D eigenvalue weighted by Crippen LogP contribution is 2.38. The summed E-state index contributed by atoms with van der Waals surface area (Å²) in [6.07, 6.45) is 3.79. The lowest BCUT2D eigenvalue weighted by Crippen LogP contribution is -2.35. The molecule has 0 saturated carbocycles.